The van der Waals surface area contributed by atoms with Gasteiger partial charge in [0.2, 0.25) is 0 Å². The first-order valence-electron chi connectivity index (χ1n) is 10.5. The van der Waals surface area contributed by atoms with Crippen molar-refractivity contribution in [2.75, 3.05) is 6.61 Å². The minimum atomic E-state index is -0.266. The van der Waals surface area contributed by atoms with Crippen LogP contribution in [-0.2, 0) is 27.4 Å². The minimum Gasteiger partial charge on any atom is -0.369 e. The maximum atomic E-state index is 6.32. The molecule has 1 aromatic heterocycles. The summed E-state index contributed by atoms with van der Waals surface area (Å²) < 4.78 is 20.5. The van der Waals surface area contributed by atoms with Crippen LogP contribution in [0, 0.1) is 0 Å². The van der Waals surface area contributed by atoms with Crippen molar-refractivity contribution in [2.45, 2.75) is 50.9 Å². The molecule has 1 aliphatic heterocycles. The lowest BCUT2D eigenvalue weighted by molar-refractivity contribution is -0.213. The van der Waals surface area contributed by atoms with Crippen molar-refractivity contribution in [2.24, 2.45) is 0 Å². The second kappa shape index (κ2) is 11.1. The van der Waals surface area contributed by atoms with Crippen LogP contribution in [0.25, 0.3) is 0 Å². The number of nitrogens with zero attached hydrogens (tertiary/aromatic N) is 2. The smallest absolute Gasteiger partial charge is 0.158 e. The van der Waals surface area contributed by atoms with Crippen molar-refractivity contribution >= 4 is 23.2 Å². The number of rotatable bonds is 9. The molecule has 31 heavy (non-hydrogen) atoms. The Kier molecular flexibility index (Phi) is 8.00. The molecule has 4 rings (SSSR count). The number of benzene rings is 2. The Morgan fingerprint density at radius 1 is 1.13 bits per heavy atom. The molecule has 0 radical (unpaired) electrons. The molecule has 2 heterocycles. The van der Waals surface area contributed by atoms with E-state index in [9.17, 15) is 0 Å². The van der Waals surface area contributed by atoms with Gasteiger partial charge in [-0.3, -0.25) is 0 Å². The predicted octanol–water partition coefficient (Wildman–Crippen LogP) is 6.06. The molecule has 1 saturated heterocycles. The van der Waals surface area contributed by atoms with Crippen LogP contribution in [0.2, 0.25) is 10.0 Å². The molecule has 164 valence electrons. The Morgan fingerprint density at radius 3 is 2.77 bits per heavy atom. The molecule has 0 spiro atoms. The van der Waals surface area contributed by atoms with E-state index in [0.29, 0.717) is 29.8 Å². The van der Waals surface area contributed by atoms with Crippen molar-refractivity contribution in [3.05, 3.63) is 88.4 Å². The van der Waals surface area contributed by atoms with Gasteiger partial charge in [0.05, 0.1) is 32.2 Å². The molecule has 5 nitrogen and oxygen atoms in total. The molecule has 0 N–H and O–H groups in total. The monoisotopic (exact) mass is 460 g/mol. The zero-order chi connectivity index (χ0) is 21.5. The van der Waals surface area contributed by atoms with Gasteiger partial charge < -0.3 is 18.8 Å². The third-order valence-electron chi connectivity index (χ3n) is 5.34. The number of hydrogen-bond acceptors (Lipinski definition) is 4. The van der Waals surface area contributed by atoms with Gasteiger partial charge in [0, 0.05) is 22.4 Å². The maximum Gasteiger partial charge on any atom is 0.158 e. The average molecular weight is 461 g/mol. The molecule has 3 aromatic rings. The van der Waals surface area contributed by atoms with E-state index in [1.165, 1.54) is 0 Å². The first-order valence-corrected chi connectivity index (χ1v) is 11.3. The first kappa shape index (κ1) is 22.3. The summed E-state index contributed by atoms with van der Waals surface area (Å²) in [4.78, 5) is 4.13. The van der Waals surface area contributed by atoms with E-state index >= 15 is 0 Å². The Labute approximate surface area is 192 Å². The van der Waals surface area contributed by atoms with Gasteiger partial charge in [-0.25, -0.2) is 4.98 Å². The number of imidazole rings is 1. The van der Waals surface area contributed by atoms with Gasteiger partial charge in [-0.2, -0.15) is 0 Å². The summed E-state index contributed by atoms with van der Waals surface area (Å²) in [7, 11) is 0. The lowest BCUT2D eigenvalue weighted by Crippen LogP contribution is -2.33. The summed E-state index contributed by atoms with van der Waals surface area (Å²) in [5.41, 5.74) is 2.04. The van der Waals surface area contributed by atoms with Crippen LogP contribution in [-0.4, -0.2) is 28.6 Å². The molecule has 0 aliphatic carbocycles. The Morgan fingerprint density at radius 2 is 2.00 bits per heavy atom. The normalized spacial score (nSPS) is 19.9. The first-order chi connectivity index (χ1) is 15.2. The van der Waals surface area contributed by atoms with Crippen LogP contribution >= 0.6 is 23.2 Å². The van der Waals surface area contributed by atoms with Crippen LogP contribution in [0.1, 0.15) is 36.5 Å². The van der Waals surface area contributed by atoms with Crippen molar-refractivity contribution in [1.29, 1.82) is 0 Å². The summed E-state index contributed by atoms with van der Waals surface area (Å²) in [6, 6.07) is 15.7. The summed E-state index contributed by atoms with van der Waals surface area (Å²) in [5, 5.41) is 1.22. The van der Waals surface area contributed by atoms with Gasteiger partial charge in [-0.1, -0.05) is 59.6 Å². The number of halogens is 2. The average Bonchev–Trinajstić information content (AvgIpc) is 3.30. The van der Waals surface area contributed by atoms with E-state index < -0.39 is 0 Å². The largest absolute Gasteiger partial charge is 0.369 e. The quantitative estimate of drug-likeness (QED) is 0.389. The zero-order valence-corrected chi connectivity index (χ0v) is 18.7. The zero-order valence-electron chi connectivity index (χ0n) is 17.2. The van der Waals surface area contributed by atoms with Crippen molar-refractivity contribution in [3.63, 3.8) is 0 Å². The molecule has 1 unspecified atom stereocenters. The Hall–Kier alpha value is -1.89. The standard InChI is InChI=1S/C24H26Cl2N2O3/c25-20-10-9-19(22(26)13-20)15-30-24-8-4-7-21(31-24)16-29-23(14-28-12-11-27-17-28)18-5-2-1-3-6-18/h1-3,5-6,9-13,17,21,23-24H,4,7-8,14-16H2/t21-,23?,24+/m1/s1. The molecule has 7 heteroatoms. The van der Waals surface area contributed by atoms with E-state index in [1.807, 2.05) is 47.4 Å². The lowest BCUT2D eigenvalue weighted by Gasteiger charge is -2.31. The summed E-state index contributed by atoms with van der Waals surface area (Å²) in [6.45, 7) is 1.60. The third-order valence-corrected chi connectivity index (χ3v) is 5.93. The van der Waals surface area contributed by atoms with Crippen molar-refractivity contribution in [3.8, 4) is 0 Å². The van der Waals surface area contributed by atoms with Crippen molar-refractivity contribution < 1.29 is 14.2 Å². The SMILES string of the molecule is Clc1ccc(CO[C@@H]2CCC[C@H](COC(Cn3ccnc3)c3ccccc3)O2)c(Cl)c1. The van der Waals surface area contributed by atoms with Gasteiger partial charge >= 0.3 is 0 Å². The second-order valence-electron chi connectivity index (χ2n) is 7.66. The molecule has 2 aromatic carbocycles. The topological polar surface area (TPSA) is 45.5 Å². The molecule has 0 amide bonds. The van der Waals surface area contributed by atoms with E-state index in [0.717, 1.165) is 30.4 Å². The summed E-state index contributed by atoms with van der Waals surface area (Å²) in [5.74, 6) is 0. The fourth-order valence-corrected chi connectivity index (χ4v) is 4.12. The van der Waals surface area contributed by atoms with E-state index in [-0.39, 0.29) is 18.5 Å². The van der Waals surface area contributed by atoms with Crippen LogP contribution in [0.15, 0.2) is 67.3 Å². The van der Waals surface area contributed by atoms with Gasteiger partial charge in [-0.15, -0.1) is 0 Å². The maximum absolute atomic E-state index is 6.32. The molecular weight excluding hydrogens is 435 g/mol. The van der Waals surface area contributed by atoms with Gasteiger partial charge in [0.15, 0.2) is 6.29 Å². The highest BCUT2D eigenvalue weighted by molar-refractivity contribution is 6.35. The van der Waals surface area contributed by atoms with Crippen LogP contribution in [0.3, 0.4) is 0 Å². The summed E-state index contributed by atoms with van der Waals surface area (Å²) in [6.07, 6.45) is 8.03. The summed E-state index contributed by atoms with van der Waals surface area (Å²) >= 11 is 12.2. The second-order valence-corrected chi connectivity index (χ2v) is 8.50. The highest BCUT2D eigenvalue weighted by Gasteiger charge is 2.25. The molecule has 1 aliphatic rings. The fourth-order valence-electron chi connectivity index (χ4n) is 3.66. The van der Waals surface area contributed by atoms with Crippen LogP contribution in [0.4, 0.5) is 0 Å². The number of ether oxygens (including phenoxy) is 3. The van der Waals surface area contributed by atoms with Gasteiger partial charge in [0.1, 0.15) is 6.10 Å². The number of hydrogen-bond donors (Lipinski definition) is 0. The predicted molar refractivity (Wildman–Crippen MR) is 121 cm³/mol. The van der Waals surface area contributed by atoms with Gasteiger partial charge in [-0.05, 0) is 42.5 Å². The Balaban J connectivity index is 1.31. The van der Waals surface area contributed by atoms with Crippen molar-refractivity contribution in [1.82, 2.24) is 9.55 Å². The highest BCUT2D eigenvalue weighted by atomic mass is 35.5. The molecule has 0 saturated carbocycles. The van der Waals surface area contributed by atoms with Crippen LogP contribution in [0.5, 0.6) is 0 Å². The van der Waals surface area contributed by atoms with E-state index in [4.69, 9.17) is 37.4 Å². The van der Waals surface area contributed by atoms with E-state index in [2.05, 4.69) is 17.1 Å². The minimum absolute atomic E-state index is 0.00607. The van der Waals surface area contributed by atoms with Crippen LogP contribution < -0.4 is 0 Å². The molecule has 3 atom stereocenters. The fraction of sp³-hybridized carbons (Fsp3) is 0.375. The molecular formula is C24H26Cl2N2O3. The lowest BCUT2D eigenvalue weighted by atomic mass is 10.1. The molecule has 1 fully saturated rings. The molecule has 0 bridgehead atoms. The van der Waals surface area contributed by atoms with E-state index in [1.54, 1.807) is 12.3 Å². The Bertz CT molecular complexity index is 937. The number of aromatic nitrogens is 2. The third kappa shape index (κ3) is 6.55. The highest BCUT2D eigenvalue weighted by Crippen LogP contribution is 2.27. The van der Waals surface area contributed by atoms with Gasteiger partial charge in [0.25, 0.3) is 0 Å².